The highest BCUT2D eigenvalue weighted by molar-refractivity contribution is 5.87. The molecule has 1 aliphatic rings. The zero-order valence-electron chi connectivity index (χ0n) is 7.05. The molecule has 0 spiro atoms. The fourth-order valence-corrected chi connectivity index (χ4v) is 1.36. The van der Waals surface area contributed by atoms with Crippen LogP contribution in [0.4, 0.5) is 0 Å². The van der Waals surface area contributed by atoms with Gasteiger partial charge in [-0.3, -0.25) is 4.79 Å². The first-order valence-corrected chi connectivity index (χ1v) is 4.26. The maximum atomic E-state index is 11.2. The molecule has 0 bridgehead atoms. The van der Waals surface area contributed by atoms with Crippen molar-refractivity contribution in [2.45, 2.75) is 26.2 Å². The molecule has 1 rings (SSSR count). The van der Waals surface area contributed by atoms with Crippen molar-refractivity contribution >= 4 is 5.91 Å². The third-order valence-corrected chi connectivity index (χ3v) is 1.98. The Morgan fingerprint density at radius 1 is 1.27 bits per heavy atom. The van der Waals surface area contributed by atoms with E-state index in [0.29, 0.717) is 0 Å². The van der Waals surface area contributed by atoms with Crippen LogP contribution in [0.15, 0.2) is 12.2 Å². The Balaban J connectivity index is 2.38. The van der Waals surface area contributed by atoms with Crippen molar-refractivity contribution in [1.29, 1.82) is 0 Å². The number of carbonyl (C=O) groups is 1. The van der Waals surface area contributed by atoms with Crippen molar-refractivity contribution in [3.05, 3.63) is 12.2 Å². The molecule has 1 saturated heterocycles. The Labute approximate surface area is 67.9 Å². The van der Waals surface area contributed by atoms with Crippen LogP contribution in [0.2, 0.25) is 0 Å². The van der Waals surface area contributed by atoms with Crippen LogP contribution in [0.1, 0.15) is 26.2 Å². The summed E-state index contributed by atoms with van der Waals surface area (Å²) in [6, 6.07) is 0. The van der Waals surface area contributed by atoms with E-state index in [1.807, 2.05) is 11.8 Å². The van der Waals surface area contributed by atoms with Crippen LogP contribution in [-0.4, -0.2) is 23.9 Å². The molecule has 0 saturated carbocycles. The van der Waals surface area contributed by atoms with Gasteiger partial charge in [0.25, 0.3) is 0 Å². The summed E-state index contributed by atoms with van der Waals surface area (Å²) in [5.41, 5.74) is 0. The molecule has 2 nitrogen and oxygen atoms in total. The van der Waals surface area contributed by atoms with Gasteiger partial charge in [0, 0.05) is 13.1 Å². The predicted molar refractivity (Wildman–Crippen MR) is 45.2 cm³/mol. The van der Waals surface area contributed by atoms with Gasteiger partial charge in [0.2, 0.25) is 5.91 Å². The molecule has 0 unspecified atom stereocenters. The molecule has 1 fully saturated rings. The van der Waals surface area contributed by atoms with Crippen LogP contribution >= 0.6 is 0 Å². The molecule has 0 aromatic heterocycles. The second kappa shape index (κ2) is 4.16. The average Bonchev–Trinajstić information content (AvgIpc) is 2.07. The summed E-state index contributed by atoms with van der Waals surface area (Å²) >= 11 is 0. The lowest BCUT2D eigenvalue weighted by Gasteiger charge is -2.25. The van der Waals surface area contributed by atoms with Crippen molar-refractivity contribution in [3.8, 4) is 0 Å². The minimum absolute atomic E-state index is 0.173. The first-order chi connectivity index (χ1) is 5.34. The Bertz CT molecular complexity index is 157. The Kier molecular flexibility index (Phi) is 3.14. The highest BCUT2D eigenvalue weighted by Crippen LogP contribution is 2.08. The predicted octanol–water partition coefficient (Wildman–Crippen LogP) is 1.58. The molecule has 2 heteroatoms. The summed E-state index contributed by atoms with van der Waals surface area (Å²) in [5, 5.41) is 0. The van der Waals surface area contributed by atoms with Crippen LogP contribution in [0.5, 0.6) is 0 Å². The van der Waals surface area contributed by atoms with Crippen LogP contribution in [0.25, 0.3) is 0 Å². The molecule has 0 N–H and O–H groups in total. The van der Waals surface area contributed by atoms with Gasteiger partial charge in [-0.15, -0.1) is 0 Å². The zero-order chi connectivity index (χ0) is 8.10. The van der Waals surface area contributed by atoms with Crippen LogP contribution < -0.4 is 0 Å². The number of carbonyl (C=O) groups excluding carboxylic acids is 1. The summed E-state index contributed by atoms with van der Waals surface area (Å²) < 4.78 is 0. The maximum absolute atomic E-state index is 11.2. The fourth-order valence-electron chi connectivity index (χ4n) is 1.36. The number of amides is 1. The van der Waals surface area contributed by atoms with Crippen molar-refractivity contribution in [2.24, 2.45) is 0 Å². The van der Waals surface area contributed by atoms with Gasteiger partial charge in [0.1, 0.15) is 0 Å². The summed E-state index contributed by atoms with van der Waals surface area (Å²) in [4.78, 5) is 13.2. The molecule has 1 aliphatic heterocycles. The molecule has 0 atom stereocenters. The van der Waals surface area contributed by atoms with Gasteiger partial charge in [0.15, 0.2) is 0 Å². The third kappa shape index (κ3) is 2.37. The lowest BCUT2D eigenvalue weighted by atomic mass is 10.1. The number of nitrogens with zero attached hydrogens (tertiary/aromatic N) is 1. The number of rotatable bonds is 1. The van der Waals surface area contributed by atoms with Crippen molar-refractivity contribution in [3.63, 3.8) is 0 Å². The van der Waals surface area contributed by atoms with E-state index in [0.717, 1.165) is 13.1 Å². The minimum atomic E-state index is 0.173. The Morgan fingerprint density at radius 3 is 2.45 bits per heavy atom. The zero-order valence-corrected chi connectivity index (χ0v) is 7.05. The molecule has 1 heterocycles. The summed E-state index contributed by atoms with van der Waals surface area (Å²) in [7, 11) is 0. The molecule has 0 aromatic carbocycles. The first-order valence-electron chi connectivity index (χ1n) is 4.26. The molecule has 0 aliphatic carbocycles. The normalized spacial score (nSPS) is 19.2. The topological polar surface area (TPSA) is 20.3 Å². The SMILES string of the molecule is CC=CC(=O)N1CCCCC1. The molecule has 62 valence electrons. The van der Waals surface area contributed by atoms with E-state index in [9.17, 15) is 4.79 Å². The number of hydrogen-bond acceptors (Lipinski definition) is 1. The minimum Gasteiger partial charge on any atom is -0.339 e. The highest BCUT2D eigenvalue weighted by Gasteiger charge is 2.12. The van der Waals surface area contributed by atoms with Gasteiger partial charge in [0.05, 0.1) is 0 Å². The maximum Gasteiger partial charge on any atom is 0.246 e. The smallest absolute Gasteiger partial charge is 0.246 e. The van der Waals surface area contributed by atoms with Gasteiger partial charge in [-0.05, 0) is 32.3 Å². The first kappa shape index (κ1) is 8.31. The van der Waals surface area contributed by atoms with Crippen molar-refractivity contribution in [1.82, 2.24) is 4.90 Å². The van der Waals surface area contributed by atoms with E-state index in [2.05, 4.69) is 0 Å². The molecule has 0 radical (unpaired) electrons. The van der Waals surface area contributed by atoms with E-state index >= 15 is 0 Å². The van der Waals surface area contributed by atoms with Crippen molar-refractivity contribution < 1.29 is 4.79 Å². The van der Waals surface area contributed by atoms with Gasteiger partial charge in [-0.1, -0.05) is 6.08 Å². The number of likely N-dealkylation sites (tertiary alicyclic amines) is 1. The third-order valence-electron chi connectivity index (χ3n) is 1.98. The summed E-state index contributed by atoms with van der Waals surface area (Å²) in [6.07, 6.45) is 7.06. The second-order valence-corrected chi connectivity index (χ2v) is 2.89. The van der Waals surface area contributed by atoms with E-state index in [-0.39, 0.29) is 5.91 Å². The Hall–Kier alpha value is -0.790. The van der Waals surface area contributed by atoms with E-state index in [1.54, 1.807) is 12.2 Å². The van der Waals surface area contributed by atoms with Gasteiger partial charge < -0.3 is 4.90 Å². The summed E-state index contributed by atoms with van der Waals surface area (Å²) in [6.45, 7) is 3.77. The van der Waals surface area contributed by atoms with Crippen LogP contribution in [-0.2, 0) is 4.79 Å². The molecule has 0 aromatic rings. The number of piperidine rings is 1. The standard InChI is InChI=1S/C9H15NO/c1-2-6-9(11)10-7-4-3-5-8-10/h2,6H,3-5,7-8H2,1H3. The van der Waals surface area contributed by atoms with Gasteiger partial charge in [-0.2, -0.15) is 0 Å². The van der Waals surface area contributed by atoms with Crippen LogP contribution in [0, 0.1) is 0 Å². The second-order valence-electron chi connectivity index (χ2n) is 2.89. The fraction of sp³-hybridized carbons (Fsp3) is 0.667. The van der Waals surface area contributed by atoms with Crippen LogP contribution in [0.3, 0.4) is 0 Å². The number of allylic oxidation sites excluding steroid dienone is 1. The molecular weight excluding hydrogens is 138 g/mol. The molecular formula is C9H15NO. The lowest BCUT2D eigenvalue weighted by Crippen LogP contribution is -2.34. The van der Waals surface area contributed by atoms with Gasteiger partial charge in [-0.25, -0.2) is 0 Å². The number of hydrogen-bond donors (Lipinski definition) is 0. The highest BCUT2D eigenvalue weighted by atomic mass is 16.2. The largest absolute Gasteiger partial charge is 0.339 e. The van der Waals surface area contributed by atoms with E-state index in [1.165, 1.54) is 19.3 Å². The van der Waals surface area contributed by atoms with Gasteiger partial charge >= 0.3 is 0 Å². The van der Waals surface area contributed by atoms with E-state index < -0.39 is 0 Å². The quantitative estimate of drug-likeness (QED) is 0.524. The average molecular weight is 153 g/mol. The van der Waals surface area contributed by atoms with E-state index in [4.69, 9.17) is 0 Å². The molecule has 11 heavy (non-hydrogen) atoms. The Morgan fingerprint density at radius 2 is 1.91 bits per heavy atom. The summed E-state index contributed by atoms with van der Waals surface area (Å²) in [5.74, 6) is 0.173. The monoisotopic (exact) mass is 153 g/mol. The van der Waals surface area contributed by atoms with Crippen molar-refractivity contribution in [2.75, 3.05) is 13.1 Å². The lowest BCUT2D eigenvalue weighted by molar-refractivity contribution is -0.126. The molecule has 1 amide bonds.